The maximum Gasteiger partial charge on any atom is -0.000718 e. The van der Waals surface area contributed by atoms with Gasteiger partial charge in [-0.05, 0) is 136 Å². The van der Waals surface area contributed by atoms with Crippen molar-refractivity contribution >= 4 is 60.7 Å². The molecule has 0 heteroatoms. The topological polar surface area (TPSA) is 0 Å². The van der Waals surface area contributed by atoms with Crippen LogP contribution in [-0.4, -0.2) is 0 Å². The van der Waals surface area contributed by atoms with Gasteiger partial charge in [0.2, 0.25) is 0 Å². The van der Waals surface area contributed by atoms with Crippen molar-refractivity contribution in [3.8, 4) is 0 Å². The predicted octanol–water partition coefficient (Wildman–Crippen LogP) is 11.0. The highest BCUT2D eigenvalue weighted by atomic mass is 14.4. The first kappa shape index (κ1) is 23.1. The van der Waals surface area contributed by atoms with Crippen molar-refractivity contribution in [2.75, 3.05) is 0 Å². The molecule has 0 aliphatic heterocycles. The fraction of sp³-hybridized carbons (Fsp3) is 0.0233. The quantitative estimate of drug-likeness (QED) is 0.204. The van der Waals surface area contributed by atoms with E-state index >= 15 is 0 Å². The molecule has 0 fully saturated rings. The molecule has 0 unspecified atom stereocenters. The van der Waals surface area contributed by atoms with Crippen molar-refractivity contribution in [1.29, 1.82) is 0 Å². The Hall–Kier alpha value is -5.46. The minimum atomic E-state index is 1.02. The van der Waals surface area contributed by atoms with Gasteiger partial charge in [0.25, 0.3) is 0 Å². The average Bonchev–Trinajstić information content (AvgIpc) is 3.74. The highest BCUT2D eigenvalue weighted by Crippen LogP contribution is 2.60. The Kier molecular flexibility index (Phi) is 4.59. The van der Waals surface area contributed by atoms with E-state index in [1.54, 1.807) is 0 Å². The number of hydrogen-bond donors (Lipinski definition) is 0. The minimum absolute atomic E-state index is 1.02. The highest BCUT2D eigenvalue weighted by molar-refractivity contribution is 6.37. The van der Waals surface area contributed by atoms with Gasteiger partial charge in [-0.15, -0.1) is 0 Å². The summed E-state index contributed by atoms with van der Waals surface area (Å²) in [6.07, 6.45) is 5.59. The molecule has 0 amide bonds. The Labute approximate surface area is 250 Å². The summed E-state index contributed by atoms with van der Waals surface area (Å²) in [5.74, 6) is 0. The normalized spacial score (nSPS) is 14.6. The molecule has 0 nitrogen and oxygen atoms in total. The van der Waals surface area contributed by atoms with Gasteiger partial charge >= 0.3 is 0 Å². The number of benzene rings is 7. The van der Waals surface area contributed by atoms with Gasteiger partial charge in [-0.2, -0.15) is 0 Å². The second kappa shape index (κ2) is 8.53. The predicted molar refractivity (Wildman–Crippen MR) is 183 cm³/mol. The monoisotopic (exact) mass is 542 g/mol. The van der Waals surface area contributed by atoms with E-state index in [2.05, 4.69) is 146 Å². The number of rotatable bonds is 2. The molecule has 0 bridgehead atoms. The van der Waals surface area contributed by atoms with Crippen LogP contribution in [0.15, 0.2) is 140 Å². The third-order valence-electron chi connectivity index (χ3n) is 9.73. The van der Waals surface area contributed by atoms with Crippen LogP contribution in [0.5, 0.6) is 0 Å². The summed E-state index contributed by atoms with van der Waals surface area (Å²) in [5.41, 5.74) is 16.1. The summed E-state index contributed by atoms with van der Waals surface area (Å²) in [5, 5.41) is 7.70. The van der Waals surface area contributed by atoms with Crippen molar-refractivity contribution in [1.82, 2.24) is 0 Å². The zero-order chi connectivity index (χ0) is 28.1. The van der Waals surface area contributed by atoms with E-state index in [1.807, 2.05) is 0 Å². The minimum Gasteiger partial charge on any atom is -0.0795 e. The summed E-state index contributed by atoms with van der Waals surface area (Å²) >= 11 is 0. The molecule has 7 aromatic carbocycles. The molecule has 0 saturated heterocycles. The molecule has 0 N–H and O–H groups in total. The van der Waals surface area contributed by atoms with E-state index in [9.17, 15) is 0 Å². The van der Waals surface area contributed by atoms with Crippen LogP contribution < -0.4 is 0 Å². The SMILES string of the molecule is C1=Cc2cc(C3=C4C(=C(c5cccc6ccccc56)c5cc6ccccc6cc54)c4cc5ccccc5cc43)ccc2C1. The van der Waals surface area contributed by atoms with Crippen LogP contribution in [0.2, 0.25) is 0 Å². The smallest absolute Gasteiger partial charge is 0.000718 e. The van der Waals surface area contributed by atoms with Crippen molar-refractivity contribution < 1.29 is 0 Å². The van der Waals surface area contributed by atoms with Crippen molar-refractivity contribution in [2.45, 2.75) is 6.42 Å². The number of hydrogen-bond acceptors (Lipinski definition) is 0. The third-order valence-corrected chi connectivity index (χ3v) is 9.73. The lowest BCUT2D eigenvalue weighted by atomic mass is 9.88. The molecule has 198 valence electrons. The van der Waals surface area contributed by atoms with Gasteiger partial charge < -0.3 is 0 Å². The number of fused-ring (bicyclic) bond motifs is 9. The van der Waals surface area contributed by atoms with Gasteiger partial charge in [-0.25, -0.2) is 0 Å². The van der Waals surface area contributed by atoms with Crippen LogP contribution in [0, 0.1) is 0 Å². The van der Waals surface area contributed by atoms with Gasteiger partial charge in [0, 0.05) is 0 Å². The van der Waals surface area contributed by atoms with Crippen LogP contribution in [0.3, 0.4) is 0 Å². The zero-order valence-electron chi connectivity index (χ0n) is 23.6. The average molecular weight is 543 g/mol. The first-order valence-corrected chi connectivity index (χ1v) is 15.2. The maximum atomic E-state index is 2.44. The van der Waals surface area contributed by atoms with E-state index in [0.29, 0.717) is 0 Å². The van der Waals surface area contributed by atoms with E-state index in [-0.39, 0.29) is 0 Å². The summed E-state index contributed by atoms with van der Waals surface area (Å²) in [4.78, 5) is 0. The molecule has 43 heavy (non-hydrogen) atoms. The molecule has 0 radical (unpaired) electrons. The molecular formula is C43H26. The Morgan fingerprint density at radius 1 is 0.372 bits per heavy atom. The molecule has 10 rings (SSSR count). The lowest BCUT2D eigenvalue weighted by molar-refractivity contribution is 1.31. The van der Waals surface area contributed by atoms with Gasteiger partial charge in [0.15, 0.2) is 0 Å². The van der Waals surface area contributed by atoms with Gasteiger partial charge in [0.05, 0.1) is 0 Å². The molecule has 0 saturated carbocycles. The summed E-state index contributed by atoms with van der Waals surface area (Å²) < 4.78 is 0. The molecule has 3 aliphatic rings. The molecule has 0 aromatic heterocycles. The fourth-order valence-electron chi connectivity index (χ4n) is 7.79. The van der Waals surface area contributed by atoms with E-state index < -0.39 is 0 Å². The molecular weight excluding hydrogens is 516 g/mol. The fourth-order valence-corrected chi connectivity index (χ4v) is 7.79. The van der Waals surface area contributed by atoms with Gasteiger partial charge in [-0.1, -0.05) is 115 Å². The van der Waals surface area contributed by atoms with E-state index in [4.69, 9.17) is 0 Å². The summed E-state index contributed by atoms with van der Waals surface area (Å²) in [7, 11) is 0. The maximum absolute atomic E-state index is 2.44. The van der Waals surface area contributed by atoms with Crippen molar-refractivity contribution in [3.63, 3.8) is 0 Å². The van der Waals surface area contributed by atoms with Crippen LogP contribution in [0.1, 0.15) is 44.5 Å². The highest BCUT2D eigenvalue weighted by Gasteiger charge is 2.38. The molecule has 0 atom stereocenters. The Balaban J connectivity index is 1.41. The van der Waals surface area contributed by atoms with Gasteiger partial charge in [-0.3, -0.25) is 0 Å². The second-order valence-electron chi connectivity index (χ2n) is 12.0. The first-order valence-electron chi connectivity index (χ1n) is 15.2. The van der Waals surface area contributed by atoms with E-state index in [1.165, 1.54) is 99.1 Å². The second-order valence-corrected chi connectivity index (χ2v) is 12.0. The molecule has 0 heterocycles. The third kappa shape index (κ3) is 3.21. The number of allylic oxidation sites excluding steroid dienone is 3. The van der Waals surface area contributed by atoms with E-state index in [0.717, 1.165) is 6.42 Å². The lowest BCUT2D eigenvalue weighted by Gasteiger charge is -2.15. The summed E-state index contributed by atoms with van der Waals surface area (Å²) in [6.45, 7) is 0. The van der Waals surface area contributed by atoms with Crippen LogP contribution in [0.4, 0.5) is 0 Å². The lowest BCUT2D eigenvalue weighted by Crippen LogP contribution is -1.95. The molecule has 3 aliphatic carbocycles. The molecule has 7 aromatic rings. The zero-order valence-corrected chi connectivity index (χ0v) is 23.6. The van der Waals surface area contributed by atoms with Crippen molar-refractivity contribution in [2.24, 2.45) is 0 Å². The Bertz CT molecular complexity index is 2460. The summed E-state index contributed by atoms with van der Waals surface area (Å²) in [6, 6.07) is 50.1. The van der Waals surface area contributed by atoms with Crippen molar-refractivity contribution in [3.05, 3.63) is 184 Å². The van der Waals surface area contributed by atoms with Crippen LogP contribution >= 0.6 is 0 Å². The Morgan fingerprint density at radius 3 is 1.58 bits per heavy atom. The molecule has 0 spiro atoms. The van der Waals surface area contributed by atoms with Crippen LogP contribution in [-0.2, 0) is 6.42 Å². The largest absolute Gasteiger partial charge is 0.0795 e. The van der Waals surface area contributed by atoms with Gasteiger partial charge in [0.1, 0.15) is 0 Å². The standard InChI is InChI=1S/C43H26/c1-3-12-31-24-38-36(22-29(31)10-1)40(33-20-19-26-14-7-16-28(26)21-33)42-39-25-32-13-4-2-11-30(32)23-37(39)41(43(38)42)35-18-8-15-27-9-5-6-17-34(27)35/h1-13,15-25H,14H2. The Morgan fingerprint density at radius 2 is 0.907 bits per heavy atom. The van der Waals surface area contributed by atoms with Crippen LogP contribution in [0.25, 0.3) is 60.7 Å². The first-order chi connectivity index (χ1) is 21.3.